The predicted octanol–water partition coefficient (Wildman–Crippen LogP) is 3.76. The molecule has 4 unspecified atom stereocenters. The van der Waals surface area contributed by atoms with Gasteiger partial charge < -0.3 is 25.5 Å². The second-order valence-electron chi connectivity index (χ2n) is 10.9. The molecule has 0 saturated heterocycles. The molecule has 1 heterocycles. The quantitative estimate of drug-likeness (QED) is 0.248. The van der Waals surface area contributed by atoms with Gasteiger partial charge in [0.1, 0.15) is 31.3 Å². The summed E-state index contributed by atoms with van der Waals surface area (Å²) in [6.07, 6.45) is 3.64. The van der Waals surface area contributed by atoms with Gasteiger partial charge in [-0.3, -0.25) is 14.6 Å². The number of hydrogen-bond acceptors (Lipinski definition) is 7. The minimum Gasteiger partial charge on any atom is -0.445 e. The molecular weight excluding hydrogens is 546 g/mol. The number of fused-ring (bicyclic) bond motifs is 1. The predicted molar refractivity (Wildman–Crippen MR) is 166 cm³/mol. The van der Waals surface area contributed by atoms with Gasteiger partial charge in [0.15, 0.2) is 0 Å². The van der Waals surface area contributed by atoms with E-state index < -0.39 is 42.1 Å². The van der Waals surface area contributed by atoms with E-state index in [1.165, 1.54) is 6.34 Å². The van der Waals surface area contributed by atoms with E-state index in [1.807, 2.05) is 86.6 Å². The fourth-order valence-electron chi connectivity index (χ4n) is 4.91. The third-order valence-electron chi connectivity index (χ3n) is 7.04. The van der Waals surface area contributed by atoms with Crippen molar-refractivity contribution in [2.75, 3.05) is 0 Å². The summed E-state index contributed by atoms with van der Waals surface area (Å²) in [5, 5.41) is 10.2. The van der Waals surface area contributed by atoms with Crippen LogP contribution in [0.25, 0.3) is 10.8 Å². The number of carbonyl (C=O) groups is 4. The average Bonchev–Trinajstić information content (AvgIpc) is 3.52. The number of carbonyl (C=O) groups excluding carboxylic acids is 4. The lowest BCUT2D eigenvalue weighted by atomic mass is 9.98. The second kappa shape index (κ2) is 15.4. The van der Waals surface area contributed by atoms with Gasteiger partial charge in [0.05, 0.1) is 12.1 Å². The fraction of sp³-hybridized carbons (Fsp3) is 0.333. The topological polar surface area (TPSA) is 138 Å². The van der Waals surface area contributed by atoms with Crippen LogP contribution in [0.4, 0.5) is 4.79 Å². The number of amides is 3. The van der Waals surface area contributed by atoms with Crippen molar-refractivity contribution in [3.8, 4) is 0 Å². The van der Waals surface area contributed by atoms with E-state index in [9.17, 15) is 19.2 Å². The van der Waals surface area contributed by atoms with E-state index >= 15 is 0 Å². The Morgan fingerprint density at radius 3 is 2.33 bits per heavy atom. The van der Waals surface area contributed by atoms with Gasteiger partial charge in [-0.15, -0.1) is 0 Å². The van der Waals surface area contributed by atoms with Gasteiger partial charge in [-0.05, 0) is 34.2 Å². The molecule has 0 fully saturated rings. The van der Waals surface area contributed by atoms with Crippen LogP contribution in [0.2, 0.25) is 0 Å². The molecule has 3 aromatic rings. The first-order valence-corrected chi connectivity index (χ1v) is 14.4. The van der Waals surface area contributed by atoms with Gasteiger partial charge in [0.25, 0.3) is 0 Å². The van der Waals surface area contributed by atoms with Crippen molar-refractivity contribution in [2.45, 2.75) is 63.9 Å². The van der Waals surface area contributed by atoms with Crippen LogP contribution in [-0.2, 0) is 32.1 Å². The molecule has 10 nitrogen and oxygen atoms in total. The van der Waals surface area contributed by atoms with Crippen LogP contribution in [-0.4, -0.2) is 60.9 Å². The molecule has 43 heavy (non-hydrogen) atoms. The number of aldehydes is 1. The van der Waals surface area contributed by atoms with Gasteiger partial charge in [-0.1, -0.05) is 86.6 Å². The summed E-state index contributed by atoms with van der Waals surface area (Å²) in [5.41, 5.74) is 1.64. The number of ether oxygens (including phenoxy) is 1. The van der Waals surface area contributed by atoms with Crippen LogP contribution in [0.5, 0.6) is 0 Å². The Morgan fingerprint density at radius 2 is 1.60 bits per heavy atom. The minimum absolute atomic E-state index is 0.0300. The van der Waals surface area contributed by atoms with E-state index in [0.29, 0.717) is 12.7 Å². The van der Waals surface area contributed by atoms with Crippen molar-refractivity contribution in [3.63, 3.8) is 0 Å². The molecule has 3 N–H and O–H groups in total. The fourth-order valence-corrected chi connectivity index (χ4v) is 4.91. The Kier molecular flexibility index (Phi) is 11.1. The lowest BCUT2D eigenvalue weighted by Gasteiger charge is -2.25. The number of benzene rings is 3. The molecule has 3 amide bonds. The molecular formula is C33H37N5O5. The molecule has 0 radical (unpaired) electrons. The number of nitrogens with zero attached hydrogens (tertiary/aromatic N) is 2. The zero-order valence-electron chi connectivity index (χ0n) is 24.3. The monoisotopic (exact) mass is 583 g/mol. The number of hydrogen-bond donors (Lipinski definition) is 3. The SMILES string of the molecule is CC(C)CC(C=O)NC(=O)C(CC1C=NC=N1)NC(=O)C(Cc1cccc2ccccc12)NC(=O)OCc1ccccc1. The van der Waals surface area contributed by atoms with Crippen molar-refractivity contribution in [2.24, 2.45) is 15.9 Å². The molecule has 4 rings (SSSR count). The molecule has 1 aliphatic heterocycles. The summed E-state index contributed by atoms with van der Waals surface area (Å²) in [6, 6.07) is 19.5. The van der Waals surface area contributed by atoms with Crippen LogP contribution >= 0.6 is 0 Å². The number of rotatable bonds is 14. The third kappa shape index (κ3) is 9.32. The first-order chi connectivity index (χ1) is 20.8. The van der Waals surface area contributed by atoms with Gasteiger partial charge in [-0.2, -0.15) is 0 Å². The zero-order chi connectivity index (χ0) is 30.6. The molecule has 0 aromatic heterocycles. The highest BCUT2D eigenvalue weighted by molar-refractivity contribution is 5.94. The maximum atomic E-state index is 13.8. The third-order valence-corrected chi connectivity index (χ3v) is 7.04. The van der Waals surface area contributed by atoms with Crippen LogP contribution in [0.15, 0.2) is 82.8 Å². The smallest absolute Gasteiger partial charge is 0.408 e. The summed E-state index contributed by atoms with van der Waals surface area (Å²) >= 11 is 0. The maximum absolute atomic E-state index is 13.8. The van der Waals surface area contributed by atoms with Crippen LogP contribution < -0.4 is 16.0 Å². The first kappa shape index (κ1) is 31.1. The van der Waals surface area contributed by atoms with Crippen LogP contribution in [0.3, 0.4) is 0 Å². The van der Waals surface area contributed by atoms with Crippen molar-refractivity contribution in [1.82, 2.24) is 16.0 Å². The average molecular weight is 584 g/mol. The van der Waals surface area contributed by atoms with E-state index in [0.717, 1.165) is 21.9 Å². The molecule has 0 spiro atoms. The van der Waals surface area contributed by atoms with Crippen molar-refractivity contribution < 1.29 is 23.9 Å². The molecule has 10 heteroatoms. The Balaban J connectivity index is 1.55. The van der Waals surface area contributed by atoms with Crippen molar-refractivity contribution >= 4 is 47.5 Å². The number of aliphatic imine (C=N–C) groups is 2. The number of alkyl carbamates (subject to hydrolysis) is 1. The Bertz CT molecular complexity index is 1460. The first-order valence-electron chi connectivity index (χ1n) is 14.4. The van der Waals surface area contributed by atoms with E-state index in [-0.39, 0.29) is 25.4 Å². The second-order valence-corrected chi connectivity index (χ2v) is 10.9. The summed E-state index contributed by atoms with van der Waals surface area (Å²) in [5.74, 6) is -0.918. The Morgan fingerprint density at radius 1 is 0.884 bits per heavy atom. The lowest BCUT2D eigenvalue weighted by Crippen LogP contribution is -2.56. The summed E-state index contributed by atoms with van der Waals surface area (Å²) in [4.78, 5) is 59.9. The standard InChI is InChI=1S/C33H37N5O5/c1-22(2)15-27(19-39)36-31(40)30(17-26-18-34-21-35-26)37-32(41)29(38-33(42)43-20-23-9-4-3-5-10-23)16-25-13-8-12-24-11-6-7-14-28(24)25/h3-14,18-19,21-22,26-27,29-30H,15-17,20H2,1-2H3,(H,36,40)(H,37,41)(H,38,42). The largest absolute Gasteiger partial charge is 0.445 e. The Labute approximate surface area is 251 Å². The molecule has 0 bridgehead atoms. The van der Waals surface area contributed by atoms with Crippen LogP contribution in [0, 0.1) is 5.92 Å². The highest BCUT2D eigenvalue weighted by Gasteiger charge is 2.31. The maximum Gasteiger partial charge on any atom is 0.408 e. The minimum atomic E-state index is -1.07. The summed E-state index contributed by atoms with van der Waals surface area (Å²) in [7, 11) is 0. The molecule has 0 aliphatic carbocycles. The lowest BCUT2D eigenvalue weighted by molar-refractivity contribution is -0.131. The zero-order valence-corrected chi connectivity index (χ0v) is 24.3. The van der Waals surface area contributed by atoms with Crippen molar-refractivity contribution in [1.29, 1.82) is 0 Å². The van der Waals surface area contributed by atoms with Gasteiger partial charge in [-0.25, -0.2) is 9.79 Å². The summed E-state index contributed by atoms with van der Waals surface area (Å²) in [6.45, 7) is 3.93. The van der Waals surface area contributed by atoms with Crippen molar-refractivity contribution in [3.05, 3.63) is 83.9 Å². The highest BCUT2D eigenvalue weighted by Crippen LogP contribution is 2.20. The van der Waals surface area contributed by atoms with E-state index in [4.69, 9.17) is 4.74 Å². The summed E-state index contributed by atoms with van der Waals surface area (Å²) < 4.78 is 5.41. The molecule has 4 atom stereocenters. The number of nitrogens with one attached hydrogen (secondary N) is 3. The Hall–Kier alpha value is -4.86. The van der Waals surface area contributed by atoms with Gasteiger partial charge in [0, 0.05) is 19.1 Å². The highest BCUT2D eigenvalue weighted by atomic mass is 16.5. The molecule has 0 saturated carbocycles. The van der Waals surface area contributed by atoms with E-state index in [1.54, 1.807) is 6.21 Å². The van der Waals surface area contributed by atoms with Gasteiger partial charge in [0.2, 0.25) is 11.8 Å². The molecule has 1 aliphatic rings. The van der Waals surface area contributed by atoms with Gasteiger partial charge >= 0.3 is 6.09 Å². The normalized spacial score (nSPS) is 15.9. The molecule has 224 valence electrons. The van der Waals surface area contributed by atoms with E-state index in [2.05, 4.69) is 25.9 Å². The van der Waals surface area contributed by atoms with Crippen LogP contribution in [0.1, 0.15) is 37.8 Å². The molecule has 3 aromatic carbocycles.